The van der Waals surface area contributed by atoms with Crippen molar-refractivity contribution in [1.82, 2.24) is 4.90 Å². The molecule has 2 aliphatic rings. The number of ketones is 1. The number of aryl methyl sites for hydroxylation is 2. The van der Waals surface area contributed by atoms with Gasteiger partial charge in [-0.3, -0.25) is 19.7 Å². The molecule has 2 heterocycles. The number of amides is 1. The van der Waals surface area contributed by atoms with Gasteiger partial charge in [0.15, 0.2) is 5.78 Å². The van der Waals surface area contributed by atoms with Crippen molar-refractivity contribution in [3.8, 4) is 5.75 Å². The van der Waals surface area contributed by atoms with Crippen LogP contribution in [-0.2, 0) is 0 Å². The molecule has 156 valence electrons. The smallest absolute Gasteiger partial charge is 0.283 e. The summed E-state index contributed by atoms with van der Waals surface area (Å²) in [5, 5.41) is 11.5. The predicted octanol–water partition coefficient (Wildman–Crippen LogP) is 4.51. The molecular weight excluding hydrogens is 408 g/mol. The predicted molar refractivity (Wildman–Crippen MR) is 111 cm³/mol. The first kappa shape index (κ1) is 20.3. The minimum Gasteiger partial charge on any atom is -0.486 e. The average molecular weight is 429 g/mol. The lowest BCUT2D eigenvalue weighted by molar-refractivity contribution is -0.385. The molecule has 0 aromatic heterocycles. The summed E-state index contributed by atoms with van der Waals surface area (Å²) in [5.74, 6) is 0.251. The summed E-state index contributed by atoms with van der Waals surface area (Å²) >= 11 is 5.85. The fraction of sp³-hybridized carbons (Fsp3) is 0.364. The summed E-state index contributed by atoms with van der Waals surface area (Å²) in [5.41, 5.74) is 1.63. The SMILES string of the molecule is Cc1cc(C)c2c(c1)OC1(CCN(C(=O)c3ccc(Cl)cc3[N+](=O)[O-])CC1)CC2=O. The minimum atomic E-state index is -0.646. The van der Waals surface area contributed by atoms with Crippen molar-refractivity contribution in [2.24, 2.45) is 0 Å². The molecule has 1 amide bonds. The second-order valence-corrected chi connectivity index (χ2v) is 8.49. The van der Waals surface area contributed by atoms with E-state index < -0.39 is 16.4 Å². The van der Waals surface area contributed by atoms with E-state index in [9.17, 15) is 19.7 Å². The van der Waals surface area contributed by atoms with Gasteiger partial charge in [-0.15, -0.1) is 0 Å². The summed E-state index contributed by atoms with van der Waals surface area (Å²) in [6.45, 7) is 4.58. The van der Waals surface area contributed by atoms with Crippen LogP contribution in [0.3, 0.4) is 0 Å². The Hall–Kier alpha value is -2.93. The van der Waals surface area contributed by atoms with Gasteiger partial charge >= 0.3 is 0 Å². The molecule has 1 saturated heterocycles. The van der Waals surface area contributed by atoms with Crippen molar-refractivity contribution < 1.29 is 19.2 Å². The molecule has 2 aromatic carbocycles. The lowest BCUT2D eigenvalue weighted by atomic mass is 9.81. The number of hydrogen-bond acceptors (Lipinski definition) is 5. The third-order valence-electron chi connectivity index (χ3n) is 5.88. The minimum absolute atomic E-state index is 0.0117. The fourth-order valence-electron chi connectivity index (χ4n) is 4.42. The summed E-state index contributed by atoms with van der Waals surface area (Å²) in [6.07, 6.45) is 1.24. The van der Waals surface area contributed by atoms with Crippen LogP contribution < -0.4 is 4.74 Å². The van der Waals surface area contributed by atoms with Gasteiger partial charge in [-0.1, -0.05) is 17.7 Å². The second-order valence-electron chi connectivity index (χ2n) is 8.05. The molecule has 0 atom stereocenters. The van der Waals surface area contributed by atoms with E-state index in [1.54, 1.807) is 4.90 Å². The first-order chi connectivity index (χ1) is 14.2. The number of hydrogen-bond donors (Lipinski definition) is 0. The fourth-order valence-corrected chi connectivity index (χ4v) is 4.59. The van der Waals surface area contributed by atoms with Gasteiger partial charge in [-0.2, -0.15) is 0 Å². The van der Waals surface area contributed by atoms with Crippen LogP contribution in [0.5, 0.6) is 5.75 Å². The van der Waals surface area contributed by atoms with E-state index in [0.29, 0.717) is 37.2 Å². The third kappa shape index (κ3) is 3.54. The number of piperidine rings is 1. The first-order valence-corrected chi connectivity index (χ1v) is 10.1. The molecule has 0 bridgehead atoms. The quantitative estimate of drug-likeness (QED) is 0.518. The molecule has 0 aliphatic carbocycles. The van der Waals surface area contributed by atoms with Gasteiger partial charge < -0.3 is 9.64 Å². The lowest BCUT2D eigenvalue weighted by Crippen LogP contribution is -2.52. The second kappa shape index (κ2) is 7.40. The number of nitro groups is 1. The molecule has 0 unspecified atom stereocenters. The molecule has 1 spiro atoms. The van der Waals surface area contributed by atoms with Crippen LogP contribution in [0.1, 0.15) is 51.1 Å². The molecule has 0 radical (unpaired) electrons. The van der Waals surface area contributed by atoms with Crippen LogP contribution in [0, 0.1) is 24.0 Å². The highest BCUT2D eigenvalue weighted by molar-refractivity contribution is 6.31. The van der Waals surface area contributed by atoms with Crippen molar-refractivity contribution in [3.05, 3.63) is 67.7 Å². The molecule has 2 aliphatic heterocycles. The summed E-state index contributed by atoms with van der Waals surface area (Å²) in [4.78, 5) is 38.1. The van der Waals surface area contributed by atoms with Crippen molar-refractivity contribution in [2.45, 2.75) is 38.7 Å². The Balaban J connectivity index is 1.54. The number of rotatable bonds is 2. The first-order valence-electron chi connectivity index (χ1n) is 9.76. The Bertz CT molecular complexity index is 1070. The molecular formula is C22H21ClN2O5. The largest absolute Gasteiger partial charge is 0.486 e. The number of halogens is 1. The lowest BCUT2D eigenvalue weighted by Gasteiger charge is -2.44. The molecule has 7 nitrogen and oxygen atoms in total. The van der Waals surface area contributed by atoms with E-state index in [-0.39, 0.29) is 28.5 Å². The van der Waals surface area contributed by atoms with Crippen molar-refractivity contribution >= 4 is 29.0 Å². The van der Waals surface area contributed by atoms with Crippen molar-refractivity contribution in [2.75, 3.05) is 13.1 Å². The van der Waals surface area contributed by atoms with Gasteiger partial charge in [0.05, 0.1) is 16.9 Å². The Labute approximate surface area is 178 Å². The van der Waals surface area contributed by atoms with Crippen LogP contribution in [-0.4, -0.2) is 40.2 Å². The van der Waals surface area contributed by atoms with Gasteiger partial charge in [-0.25, -0.2) is 0 Å². The number of nitrogens with zero attached hydrogens (tertiary/aromatic N) is 2. The zero-order chi connectivity index (χ0) is 21.6. The van der Waals surface area contributed by atoms with E-state index in [2.05, 4.69) is 0 Å². The van der Waals surface area contributed by atoms with Crippen LogP contribution in [0.4, 0.5) is 5.69 Å². The Morgan fingerprint density at radius 3 is 2.57 bits per heavy atom. The Morgan fingerprint density at radius 2 is 1.90 bits per heavy atom. The van der Waals surface area contributed by atoms with Crippen LogP contribution in [0.25, 0.3) is 0 Å². The van der Waals surface area contributed by atoms with E-state index in [4.69, 9.17) is 16.3 Å². The maximum atomic E-state index is 12.9. The molecule has 2 aromatic rings. The van der Waals surface area contributed by atoms with Gasteiger partial charge in [-0.05, 0) is 43.2 Å². The Morgan fingerprint density at radius 1 is 1.20 bits per heavy atom. The van der Waals surface area contributed by atoms with Gasteiger partial charge in [0.1, 0.15) is 16.9 Å². The normalized spacial score (nSPS) is 17.4. The molecule has 8 heteroatoms. The molecule has 4 rings (SSSR count). The zero-order valence-electron chi connectivity index (χ0n) is 16.7. The van der Waals surface area contributed by atoms with Gasteiger partial charge in [0.2, 0.25) is 0 Å². The summed E-state index contributed by atoms with van der Waals surface area (Å²) in [7, 11) is 0. The maximum Gasteiger partial charge on any atom is 0.283 e. The number of benzene rings is 2. The van der Waals surface area contributed by atoms with Crippen LogP contribution >= 0.6 is 11.6 Å². The highest BCUT2D eigenvalue weighted by Gasteiger charge is 2.44. The van der Waals surface area contributed by atoms with Gasteiger partial charge in [0, 0.05) is 37.0 Å². The maximum absolute atomic E-state index is 12.9. The highest BCUT2D eigenvalue weighted by Crippen LogP contribution is 2.41. The van der Waals surface area contributed by atoms with Crippen LogP contribution in [0.2, 0.25) is 5.02 Å². The topological polar surface area (TPSA) is 89.8 Å². The molecule has 1 fully saturated rings. The standard InChI is InChI=1S/C22H21ClN2O5/c1-13-9-14(2)20-18(26)12-22(30-19(20)10-13)5-7-24(8-6-22)21(27)16-4-3-15(23)11-17(16)25(28)29/h3-4,9-11H,5-8,12H2,1-2H3. The molecule has 0 saturated carbocycles. The number of ether oxygens (including phenoxy) is 1. The highest BCUT2D eigenvalue weighted by atomic mass is 35.5. The monoisotopic (exact) mass is 428 g/mol. The van der Waals surface area contributed by atoms with Crippen molar-refractivity contribution in [1.29, 1.82) is 0 Å². The van der Waals surface area contributed by atoms with E-state index in [1.165, 1.54) is 18.2 Å². The number of nitro benzene ring substituents is 1. The molecule has 0 N–H and O–H groups in total. The van der Waals surface area contributed by atoms with Crippen molar-refractivity contribution in [3.63, 3.8) is 0 Å². The zero-order valence-corrected chi connectivity index (χ0v) is 17.5. The van der Waals surface area contributed by atoms with E-state index in [1.807, 2.05) is 26.0 Å². The number of carbonyl (C=O) groups is 2. The summed E-state index contributed by atoms with van der Waals surface area (Å²) < 4.78 is 6.32. The van der Waals surface area contributed by atoms with E-state index >= 15 is 0 Å². The average Bonchev–Trinajstić information content (AvgIpc) is 2.67. The number of Topliss-reactive ketones (excluding diaryl/α,β-unsaturated/α-hetero) is 1. The van der Waals surface area contributed by atoms with E-state index in [0.717, 1.165) is 11.1 Å². The molecule has 30 heavy (non-hydrogen) atoms. The number of carbonyl (C=O) groups excluding carboxylic acids is 2. The van der Waals surface area contributed by atoms with Gasteiger partial charge in [0.25, 0.3) is 11.6 Å². The third-order valence-corrected chi connectivity index (χ3v) is 6.12. The van der Waals surface area contributed by atoms with Crippen LogP contribution in [0.15, 0.2) is 30.3 Å². The number of fused-ring (bicyclic) bond motifs is 1. The summed E-state index contributed by atoms with van der Waals surface area (Å²) in [6, 6.07) is 7.90. The Kier molecular flexibility index (Phi) is 5.02. The number of likely N-dealkylation sites (tertiary alicyclic amines) is 1.